The van der Waals surface area contributed by atoms with Crippen molar-refractivity contribution in [1.29, 1.82) is 0 Å². The minimum Gasteiger partial charge on any atom is -0.378 e. The van der Waals surface area contributed by atoms with E-state index < -0.39 is 5.82 Å². The SMILES string of the molecule is Fc1cncc(-c2cc3c(-c4nc5c(N6CCOCC6)cccc5[nH]4)n[nH]c3cn2)c1. The number of rotatable bonds is 3. The smallest absolute Gasteiger partial charge is 0.159 e. The molecule has 1 aromatic carbocycles. The van der Waals surface area contributed by atoms with Crippen LogP contribution in [0.2, 0.25) is 0 Å². The number of halogens is 1. The Hall–Kier alpha value is -3.85. The van der Waals surface area contributed by atoms with Gasteiger partial charge in [0, 0.05) is 30.2 Å². The van der Waals surface area contributed by atoms with Gasteiger partial charge < -0.3 is 14.6 Å². The number of fused-ring (bicyclic) bond motifs is 2. The van der Waals surface area contributed by atoms with Gasteiger partial charge in [-0.05, 0) is 24.3 Å². The Morgan fingerprint density at radius 2 is 1.94 bits per heavy atom. The van der Waals surface area contributed by atoms with Crippen LogP contribution in [0.15, 0.2) is 48.9 Å². The summed E-state index contributed by atoms with van der Waals surface area (Å²) in [5.41, 5.74) is 5.61. The Morgan fingerprint density at radius 3 is 2.81 bits per heavy atom. The average molecular weight is 415 g/mol. The molecular weight excluding hydrogens is 397 g/mol. The van der Waals surface area contributed by atoms with Gasteiger partial charge in [-0.2, -0.15) is 5.10 Å². The van der Waals surface area contributed by atoms with E-state index in [1.165, 1.54) is 12.3 Å². The molecule has 6 rings (SSSR count). The van der Waals surface area contributed by atoms with Crippen molar-refractivity contribution in [3.63, 3.8) is 0 Å². The summed E-state index contributed by atoms with van der Waals surface area (Å²) in [6, 6.07) is 9.41. The molecule has 2 N–H and O–H groups in total. The maximum Gasteiger partial charge on any atom is 0.159 e. The number of aromatic nitrogens is 6. The molecule has 0 unspecified atom stereocenters. The maximum atomic E-state index is 13.6. The van der Waals surface area contributed by atoms with Crippen LogP contribution in [0.5, 0.6) is 0 Å². The van der Waals surface area contributed by atoms with Crippen molar-refractivity contribution in [3.8, 4) is 22.8 Å². The van der Waals surface area contributed by atoms with E-state index in [1.807, 2.05) is 18.2 Å². The van der Waals surface area contributed by atoms with Crippen molar-refractivity contribution in [3.05, 3.63) is 54.7 Å². The third kappa shape index (κ3) is 3.10. The summed E-state index contributed by atoms with van der Waals surface area (Å²) in [5.74, 6) is 0.260. The molecule has 31 heavy (non-hydrogen) atoms. The van der Waals surface area contributed by atoms with E-state index in [2.05, 4.69) is 36.1 Å². The van der Waals surface area contributed by atoms with Crippen LogP contribution >= 0.6 is 0 Å². The molecule has 4 aromatic heterocycles. The topological polar surface area (TPSA) is 95.6 Å². The predicted octanol–water partition coefficient (Wildman–Crippen LogP) is 3.54. The molecule has 1 fully saturated rings. The van der Waals surface area contributed by atoms with Crippen molar-refractivity contribution in [2.75, 3.05) is 31.2 Å². The van der Waals surface area contributed by atoms with Gasteiger partial charge >= 0.3 is 0 Å². The highest BCUT2D eigenvalue weighted by molar-refractivity contribution is 5.96. The number of morpholine rings is 1. The first kappa shape index (κ1) is 18.0. The van der Waals surface area contributed by atoms with Crippen molar-refractivity contribution in [2.24, 2.45) is 0 Å². The van der Waals surface area contributed by atoms with Gasteiger partial charge in [-0.3, -0.25) is 15.1 Å². The lowest BCUT2D eigenvalue weighted by Gasteiger charge is -2.28. The van der Waals surface area contributed by atoms with Crippen LogP contribution in [0.4, 0.5) is 10.1 Å². The maximum absolute atomic E-state index is 13.6. The number of hydrogen-bond donors (Lipinski definition) is 2. The van der Waals surface area contributed by atoms with Gasteiger partial charge in [0.25, 0.3) is 0 Å². The molecule has 0 spiro atoms. The number of benzene rings is 1. The predicted molar refractivity (Wildman–Crippen MR) is 115 cm³/mol. The van der Waals surface area contributed by atoms with Gasteiger partial charge in [-0.1, -0.05) is 6.07 Å². The number of anilines is 1. The molecular formula is C22H18FN7O. The third-order valence-corrected chi connectivity index (χ3v) is 5.52. The lowest BCUT2D eigenvalue weighted by molar-refractivity contribution is 0.123. The molecule has 5 aromatic rings. The normalized spacial score (nSPS) is 14.5. The molecule has 1 aliphatic heterocycles. The lowest BCUT2D eigenvalue weighted by atomic mass is 10.1. The van der Waals surface area contributed by atoms with E-state index in [9.17, 15) is 4.39 Å². The Labute approximate surface area is 176 Å². The summed E-state index contributed by atoms with van der Waals surface area (Å²) in [7, 11) is 0. The van der Waals surface area contributed by atoms with Crippen LogP contribution < -0.4 is 4.90 Å². The first-order valence-corrected chi connectivity index (χ1v) is 10.0. The Bertz CT molecular complexity index is 1400. The zero-order valence-corrected chi connectivity index (χ0v) is 16.5. The average Bonchev–Trinajstić information content (AvgIpc) is 3.43. The first-order valence-electron chi connectivity index (χ1n) is 10.0. The van der Waals surface area contributed by atoms with Crippen molar-refractivity contribution >= 4 is 27.6 Å². The van der Waals surface area contributed by atoms with Crippen molar-refractivity contribution in [2.45, 2.75) is 0 Å². The Kier molecular flexibility index (Phi) is 4.13. The quantitative estimate of drug-likeness (QED) is 0.468. The number of nitrogens with one attached hydrogen (secondary N) is 2. The minimum atomic E-state index is -0.403. The third-order valence-electron chi connectivity index (χ3n) is 5.52. The zero-order valence-electron chi connectivity index (χ0n) is 16.5. The van der Waals surface area contributed by atoms with Crippen molar-refractivity contribution in [1.82, 2.24) is 30.1 Å². The molecule has 0 amide bonds. The van der Waals surface area contributed by atoms with Crippen LogP contribution in [0, 0.1) is 5.82 Å². The second-order valence-corrected chi connectivity index (χ2v) is 7.44. The Balaban J connectivity index is 1.46. The zero-order chi connectivity index (χ0) is 20.8. The standard InChI is InChI=1S/C22H18FN7O/c23-14-8-13(10-24-11-14)17-9-15-18(12-25-17)28-29-20(15)22-26-16-2-1-3-19(21(16)27-22)30-4-6-31-7-5-30/h1-3,8-12H,4-7H2,(H,26,27)(H,28,29). The molecule has 9 heteroatoms. The molecule has 0 saturated carbocycles. The molecule has 8 nitrogen and oxygen atoms in total. The van der Waals surface area contributed by atoms with E-state index in [-0.39, 0.29) is 0 Å². The first-order chi connectivity index (χ1) is 15.3. The number of aromatic amines is 2. The number of H-pyrrole nitrogens is 2. The van der Waals surface area contributed by atoms with Gasteiger partial charge in [0.1, 0.15) is 17.0 Å². The van der Waals surface area contributed by atoms with E-state index in [0.29, 0.717) is 36.0 Å². The van der Waals surface area contributed by atoms with Gasteiger partial charge in [-0.25, -0.2) is 9.37 Å². The molecule has 154 valence electrons. The molecule has 0 aliphatic carbocycles. The van der Waals surface area contributed by atoms with E-state index >= 15 is 0 Å². The largest absolute Gasteiger partial charge is 0.378 e. The van der Waals surface area contributed by atoms with E-state index in [0.717, 1.165) is 40.7 Å². The van der Waals surface area contributed by atoms with Crippen LogP contribution in [-0.2, 0) is 4.74 Å². The summed E-state index contributed by atoms with van der Waals surface area (Å²) >= 11 is 0. The number of ether oxygens (including phenoxy) is 1. The van der Waals surface area contributed by atoms with Crippen molar-refractivity contribution < 1.29 is 9.13 Å². The van der Waals surface area contributed by atoms with Gasteiger partial charge in [0.05, 0.1) is 48.0 Å². The minimum absolute atomic E-state index is 0.403. The fourth-order valence-electron chi connectivity index (χ4n) is 4.00. The molecule has 5 heterocycles. The van der Waals surface area contributed by atoms with Crippen LogP contribution in [0.25, 0.3) is 44.7 Å². The number of imidazole rings is 1. The highest BCUT2D eigenvalue weighted by atomic mass is 19.1. The summed E-state index contributed by atoms with van der Waals surface area (Å²) in [6.45, 7) is 3.09. The van der Waals surface area contributed by atoms with Crippen LogP contribution in [-0.4, -0.2) is 56.4 Å². The Morgan fingerprint density at radius 1 is 1.03 bits per heavy atom. The highest BCUT2D eigenvalue weighted by Gasteiger charge is 2.19. The second-order valence-electron chi connectivity index (χ2n) is 7.44. The summed E-state index contributed by atoms with van der Waals surface area (Å²) in [4.78, 5) is 18.9. The summed E-state index contributed by atoms with van der Waals surface area (Å²) in [6.07, 6.45) is 4.45. The fourth-order valence-corrected chi connectivity index (χ4v) is 4.00. The monoisotopic (exact) mass is 415 g/mol. The van der Waals surface area contributed by atoms with Crippen LogP contribution in [0.3, 0.4) is 0 Å². The van der Waals surface area contributed by atoms with Crippen LogP contribution in [0.1, 0.15) is 0 Å². The number of hydrogen-bond acceptors (Lipinski definition) is 6. The summed E-state index contributed by atoms with van der Waals surface area (Å²) < 4.78 is 19.1. The van der Waals surface area contributed by atoms with Gasteiger partial charge in [0.15, 0.2) is 5.82 Å². The molecule has 0 radical (unpaired) electrons. The van der Waals surface area contributed by atoms with Gasteiger partial charge in [0.2, 0.25) is 0 Å². The van der Waals surface area contributed by atoms with E-state index in [1.54, 1.807) is 12.4 Å². The molecule has 1 saturated heterocycles. The second kappa shape index (κ2) is 7.13. The van der Waals surface area contributed by atoms with E-state index in [4.69, 9.17) is 9.72 Å². The number of para-hydroxylation sites is 1. The number of pyridine rings is 2. The summed E-state index contributed by atoms with van der Waals surface area (Å²) in [5, 5.41) is 8.33. The molecule has 0 atom stereocenters. The molecule has 1 aliphatic rings. The number of nitrogens with zero attached hydrogens (tertiary/aromatic N) is 5. The lowest BCUT2D eigenvalue weighted by Crippen LogP contribution is -2.36. The van der Waals surface area contributed by atoms with Gasteiger partial charge in [-0.15, -0.1) is 0 Å². The highest BCUT2D eigenvalue weighted by Crippen LogP contribution is 2.32. The molecule has 0 bridgehead atoms. The fraction of sp³-hybridized carbons (Fsp3) is 0.182.